The van der Waals surface area contributed by atoms with Crippen molar-refractivity contribution in [1.82, 2.24) is 5.32 Å². The molecule has 3 nitrogen and oxygen atoms in total. The summed E-state index contributed by atoms with van der Waals surface area (Å²) in [5.41, 5.74) is 4.33. The number of nitrogens with zero attached hydrogens (tertiary/aromatic N) is 1. The highest BCUT2D eigenvalue weighted by Crippen LogP contribution is 2.61. The Kier molecular flexibility index (Phi) is 5.40. The lowest BCUT2D eigenvalue weighted by Crippen LogP contribution is -2.55. The zero-order valence-corrected chi connectivity index (χ0v) is 20.6. The summed E-state index contributed by atoms with van der Waals surface area (Å²) in [5.74, 6) is 2.74. The molecule has 33 heavy (non-hydrogen) atoms. The van der Waals surface area contributed by atoms with Gasteiger partial charge in [-0.15, -0.1) is 0 Å². The van der Waals surface area contributed by atoms with E-state index in [-0.39, 0.29) is 11.9 Å². The summed E-state index contributed by atoms with van der Waals surface area (Å²) in [4.78, 5) is 20.8. The number of hydrogen-bond acceptors (Lipinski definition) is 3. The van der Waals surface area contributed by atoms with Crippen molar-refractivity contribution in [3.05, 3.63) is 53.6 Å². The van der Waals surface area contributed by atoms with Crippen LogP contribution in [0.1, 0.15) is 81.1 Å². The summed E-state index contributed by atoms with van der Waals surface area (Å²) in [5, 5.41) is 3.43. The van der Waals surface area contributed by atoms with Crippen LogP contribution in [0.2, 0.25) is 0 Å². The van der Waals surface area contributed by atoms with Crippen LogP contribution in [-0.4, -0.2) is 17.7 Å². The van der Waals surface area contributed by atoms with Gasteiger partial charge in [-0.2, -0.15) is 0 Å². The summed E-state index contributed by atoms with van der Waals surface area (Å²) in [6.07, 6.45) is 10.2. The Morgan fingerprint density at radius 1 is 1.06 bits per heavy atom. The van der Waals surface area contributed by atoms with E-state index in [0.717, 1.165) is 52.5 Å². The van der Waals surface area contributed by atoms with Gasteiger partial charge in [0.2, 0.25) is 0 Å². The van der Waals surface area contributed by atoms with Crippen molar-refractivity contribution in [2.45, 2.75) is 81.0 Å². The van der Waals surface area contributed by atoms with E-state index in [1.54, 1.807) is 11.8 Å². The van der Waals surface area contributed by atoms with Crippen LogP contribution in [0.15, 0.2) is 57.2 Å². The quantitative estimate of drug-likeness (QED) is 0.507. The van der Waals surface area contributed by atoms with Crippen LogP contribution in [0.5, 0.6) is 0 Å². The molecule has 7 rings (SSSR count). The second kappa shape index (κ2) is 8.30. The molecule has 1 aliphatic heterocycles. The molecular weight excluding hydrogens is 424 g/mol. The fraction of sp³-hybridized carbons (Fsp3) is 0.517. The van der Waals surface area contributed by atoms with Gasteiger partial charge in [0.1, 0.15) is 0 Å². The van der Waals surface area contributed by atoms with Crippen LogP contribution in [0.4, 0.5) is 5.69 Å². The summed E-state index contributed by atoms with van der Waals surface area (Å²) >= 11 is 1.76. The van der Waals surface area contributed by atoms with Gasteiger partial charge >= 0.3 is 0 Å². The van der Waals surface area contributed by atoms with Crippen LogP contribution < -0.4 is 5.32 Å². The van der Waals surface area contributed by atoms with Gasteiger partial charge < -0.3 is 5.32 Å². The molecule has 4 heteroatoms. The monoisotopic (exact) mass is 458 g/mol. The molecule has 2 aromatic rings. The molecule has 0 radical (unpaired) electrons. The topological polar surface area (TPSA) is 41.5 Å². The molecule has 1 N–H and O–H groups in total. The molecule has 0 spiro atoms. The number of carbonyl (C=O) groups excluding carboxylic acids is 1. The van der Waals surface area contributed by atoms with Crippen molar-refractivity contribution in [3.8, 4) is 0 Å². The average Bonchev–Trinajstić information content (AvgIpc) is 2.94. The molecule has 0 unspecified atom stereocenters. The van der Waals surface area contributed by atoms with Gasteiger partial charge in [0, 0.05) is 32.7 Å². The molecule has 4 fully saturated rings. The van der Waals surface area contributed by atoms with E-state index in [1.807, 2.05) is 12.1 Å². The van der Waals surface area contributed by atoms with Crippen LogP contribution >= 0.6 is 11.8 Å². The molecule has 5 aliphatic rings. The minimum Gasteiger partial charge on any atom is -0.349 e. The van der Waals surface area contributed by atoms with Crippen LogP contribution in [0, 0.1) is 23.2 Å². The lowest BCUT2D eigenvalue weighted by Gasteiger charge is -2.59. The van der Waals surface area contributed by atoms with Crippen LogP contribution in [0.25, 0.3) is 0 Å². The van der Waals surface area contributed by atoms with E-state index in [4.69, 9.17) is 4.99 Å². The third-order valence-corrected chi connectivity index (χ3v) is 9.87. The molecule has 4 bridgehead atoms. The highest BCUT2D eigenvalue weighted by molar-refractivity contribution is 7.99. The maximum atomic E-state index is 13.4. The first-order chi connectivity index (χ1) is 16.0. The van der Waals surface area contributed by atoms with E-state index in [2.05, 4.69) is 49.5 Å². The van der Waals surface area contributed by atoms with Crippen molar-refractivity contribution < 1.29 is 4.79 Å². The molecule has 0 saturated heterocycles. The van der Waals surface area contributed by atoms with Crippen molar-refractivity contribution in [2.75, 3.05) is 0 Å². The first kappa shape index (κ1) is 21.5. The Hall–Kier alpha value is -2.07. The number of amides is 1. The number of fused-ring (bicyclic) bond motifs is 2. The maximum absolute atomic E-state index is 13.4. The van der Waals surface area contributed by atoms with Gasteiger partial charge in [-0.3, -0.25) is 9.79 Å². The number of aliphatic imine (C=N–C) groups is 1. The average molecular weight is 459 g/mol. The third kappa shape index (κ3) is 3.84. The van der Waals surface area contributed by atoms with Gasteiger partial charge in [-0.1, -0.05) is 43.3 Å². The van der Waals surface area contributed by atoms with E-state index >= 15 is 0 Å². The van der Waals surface area contributed by atoms with Crippen LogP contribution in [0.3, 0.4) is 0 Å². The predicted molar refractivity (Wildman–Crippen MR) is 136 cm³/mol. The summed E-state index contributed by atoms with van der Waals surface area (Å²) in [7, 11) is 0. The van der Waals surface area contributed by atoms with Gasteiger partial charge in [0.15, 0.2) is 0 Å². The summed E-state index contributed by atoms with van der Waals surface area (Å²) < 4.78 is 0. The number of nitrogens with one attached hydrogen (secondary N) is 1. The first-order valence-electron chi connectivity index (χ1n) is 12.8. The Labute approximate surface area is 201 Å². The second-order valence-corrected chi connectivity index (χ2v) is 12.1. The third-order valence-electron chi connectivity index (χ3n) is 8.73. The van der Waals surface area contributed by atoms with E-state index in [0.29, 0.717) is 5.41 Å². The van der Waals surface area contributed by atoms with Gasteiger partial charge in [0.25, 0.3) is 5.91 Å². The number of carbonyl (C=O) groups is 1. The highest BCUT2D eigenvalue weighted by atomic mass is 32.2. The second-order valence-electron chi connectivity index (χ2n) is 11.1. The molecule has 1 atom stereocenters. The highest BCUT2D eigenvalue weighted by Gasteiger charge is 2.53. The van der Waals surface area contributed by atoms with Gasteiger partial charge in [0.05, 0.1) is 5.69 Å². The predicted octanol–water partition coefficient (Wildman–Crippen LogP) is 7.41. The van der Waals surface area contributed by atoms with Crippen molar-refractivity contribution in [2.24, 2.45) is 28.2 Å². The van der Waals surface area contributed by atoms with E-state index < -0.39 is 0 Å². The molecular formula is C29H34N2OS. The van der Waals surface area contributed by atoms with Crippen molar-refractivity contribution in [3.63, 3.8) is 0 Å². The number of benzene rings is 2. The maximum Gasteiger partial charge on any atom is 0.251 e. The number of rotatable bonds is 5. The zero-order chi connectivity index (χ0) is 22.6. The fourth-order valence-corrected chi connectivity index (χ4v) is 8.54. The summed E-state index contributed by atoms with van der Waals surface area (Å²) in [6.45, 7) is 4.46. The minimum absolute atomic E-state index is 0.0556. The molecule has 4 saturated carbocycles. The minimum atomic E-state index is 0.0556. The van der Waals surface area contributed by atoms with E-state index in [9.17, 15) is 4.79 Å². The lowest BCUT2D eigenvalue weighted by molar-refractivity contribution is -0.0688. The smallest absolute Gasteiger partial charge is 0.251 e. The van der Waals surface area contributed by atoms with Crippen LogP contribution in [-0.2, 0) is 0 Å². The molecule has 172 valence electrons. The summed E-state index contributed by atoms with van der Waals surface area (Å²) in [6, 6.07) is 14.8. The Morgan fingerprint density at radius 2 is 1.76 bits per heavy atom. The Morgan fingerprint density at radius 3 is 2.45 bits per heavy atom. The largest absolute Gasteiger partial charge is 0.349 e. The number of hydrogen-bond donors (Lipinski definition) is 1. The molecule has 1 heterocycles. The van der Waals surface area contributed by atoms with Gasteiger partial charge in [-0.05, 0) is 99.3 Å². The molecule has 2 aromatic carbocycles. The normalized spacial score (nSPS) is 30.1. The van der Waals surface area contributed by atoms with E-state index in [1.165, 1.54) is 49.0 Å². The van der Waals surface area contributed by atoms with Crippen molar-refractivity contribution >= 4 is 29.1 Å². The molecule has 4 aliphatic carbocycles. The van der Waals surface area contributed by atoms with Gasteiger partial charge in [-0.25, -0.2) is 0 Å². The Bertz CT molecular complexity index is 1090. The Balaban J connectivity index is 1.25. The molecule has 1 amide bonds. The first-order valence-corrected chi connectivity index (χ1v) is 13.6. The standard InChI is InChI=1S/C29H34N2OS/c1-3-6-24-23-7-4-5-8-26(23)33-27-10-9-22(14-25(27)31-24)28(32)30-18(2)29-15-19-11-20(16-29)13-21(12-19)17-29/h4-5,7-10,14,18-21H,3,6,11-13,15-17H2,1-2H3,(H,30,32)/t18-,19?,20?,21?,29?/m0/s1. The zero-order valence-electron chi connectivity index (χ0n) is 19.8. The molecule has 0 aromatic heterocycles. The van der Waals surface area contributed by atoms with Crippen molar-refractivity contribution in [1.29, 1.82) is 0 Å². The lowest BCUT2D eigenvalue weighted by atomic mass is 9.48. The SMILES string of the molecule is CCCC1=Nc2cc(C(=O)N[C@@H](C)C34CC5CC(CC(C5)C3)C4)ccc2Sc2ccccc21. The fourth-order valence-electron chi connectivity index (χ4n) is 7.52.